The number of carbonyl (C=O) groups excluding carboxylic acids is 3. The lowest BCUT2D eigenvalue weighted by molar-refractivity contribution is -0.137. The Bertz CT molecular complexity index is 709. The van der Waals surface area contributed by atoms with Gasteiger partial charge in [-0.05, 0) is 30.7 Å². The molecule has 30 heavy (non-hydrogen) atoms. The second-order valence-electron chi connectivity index (χ2n) is 6.27. The zero-order valence-electron chi connectivity index (χ0n) is 16.8. The molecule has 0 aliphatic carbocycles. The number of benzene rings is 1. The quantitative estimate of drug-likeness (QED) is 0.191. The van der Waals surface area contributed by atoms with E-state index in [2.05, 4.69) is 16.0 Å². The zero-order valence-corrected chi connectivity index (χ0v) is 16.8. The van der Waals surface area contributed by atoms with E-state index in [0.717, 1.165) is 0 Å². The first-order valence-corrected chi connectivity index (χ1v) is 9.37. The van der Waals surface area contributed by atoms with Crippen molar-refractivity contribution >= 4 is 29.4 Å². The molecule has 1 atom stereocenters. The number of primary amides is 1. The molecule has 1 unspecified atom stereocenters. The third-order valence-electron chi connectivity index (χ3n) is 3.74. The summed E-state index contributed by atoms with van der Waals surface area (Å²) in [6, 6.07) is 6.60. The minimum absolute atomic E-state index is 0.0228. The SMILES string of the molecule is COCCNC(=O)C(NC(=O)CCC(N)=O)Nc1ccc(OCCCC(=O)O)cc1. The molecule has 0 aromatic heterocycles. The molecule has 0 radical (unpaired) electrons. The highest BCUT2D eigenvalue weighted by Gasteiger charge is 2.20. The Morgan fingerprint density at radius 2 is 1.77 bits per heavy atom. The number of anilines is 1. The van der Waals surface area contributed by atoms with Gasteiger partial charge in [0.15, 0.2) is 6.17 Å². The number of nitrogens with two attached hydrogens (primary N) is 1. The number of hydrogen-bond acceptors (Lipinski definition) is 7. The summed E-state index contributed by atoms with van der Waals surface area (Å²) >= 11 is 0. The van der Waals surface area contributed by atoms with Crippen molar-refractivity contribution in [2.24, 2.45) is 5.73 Å². The standard InChI is InChI=1S/C19H28N4O7/c1-29-12-10-21-19(28)18(23-16(25)9-8-15(20)24)22-13-4-6-14(7-5-13)30-11-2-3-17(26)27/h4-7,18,22H,2-3,8-12H2,1H3,(H2,20,24)(H,21,28)(H,23,25)(H,26,27). The summed E-state index contributed by atoms with van der Waals surface area (Å²) in [6.45, 7) is 0.829. The van der Waals surface area contributed by atoms with E-state index >= 15 is 0 Å². The number of hydrogen-bond donors (Lipinski definition) is 5. The maximum absolute atomic E-state index is 12.4. The zero-order chi connectivity index (χ0) is 22.4. The van der Waals surface area contributed by atoms with Crippen LogP contribution >= 0.6 is 0 Å². The summed E-state index contributed by atoms with van der Waals surface area (Å²) < 4.78 is 10.3. The molecule has 6 N–H and O–H groups in total. The predicted molar refractivity (Wildman–Crippen MR) is 108 cm³/mol. The molecule has 0 spiro atoms. The van der Waals surface area contributed by atoms with E-state index in [1.54, 1.807) is 24.3 Å². The highest BCUT2D eigenvalue weighted by atomic mass is 16.5. The molecular formula is C19H28N4O7. The highest BCUT2D eigenvalue weighted by molar-refractivity contribution is 5.90. The largest absolute Gasteiger partial charge is 0.494 e. The van der Waals surface area contributed by atoms with Crippen molar-refractivity contribution in [2.75, 3.05) is 32.2 Å². The van der Waals surface area contributed by atoms with Crippen molar-refractivity contribution in [1.29, 1.82) is 0 Å². The lowest BCUT2D eigenvalue weighted by Crippen LogP contribution is -2.51. The number of carboxylic acid groups (broad SMARTS) is 1. The van der Waals surface area contributed by atoms with Crippen molar-refractivity contribution < 1.29 is 33.8 Å². The van der Waals surface area contributed by atoms with Crippen molar-refractivity contribution in [3.05, 3.63) is 24.3 Å². The smallest absolute Gasteiger partial charge is 0.303 e. The summed E-state index contributed by atoms with van der Waals surface area (Å²) in [5.74, 6) is -1.94. The van der Waals surface area contributed by atoms with E-state index < -0.39 is 29.9 Å². The van der Waals surface area contributed by atoms with Crippen molar-refractivity contribution in [2.45, 2.75) is 31.8 Å². The summed E-state index contributed by atoms with van der Waals surface area (Å²) in [4.78, 5) is 45.7. The molecule has 1 rings (SSSR count). The fourth-order valence-corrected chi connectivity index (χ4v) is 2.24. The molecule has 0 saturated heterocycles. The van der Waals surface area contributed by atoms with Crippen molar-refractivity contribution in [1.82, 2.24) is 10.6 Å². The van der Waals surface area contributed by atoms with Crippen molar-refractivity contribution in [3.8, 4) is 5.75 Å². The second-order valence-corrected chi connectivity index (χ2v) is 6.27. The van der Waals surface area contributed by atoms with Gasteiger partial charge in [-0.15, -0.1) is 0 Å². The van der Waals surface area contributed by atoms with Crippen LogP contribution in [-0.4, -0.2) is 61.8 Å². The predicted octanol–water partition coefficient (Wildman–Crippen LogP) is -0.187. The number of amides is 3. The Morgan fingerprint density at radius 1 is 1.07 bits per heavy atom. The Labute approximate surface area is 174 Å². The van der Waals surface area contributed by atoms with Gasteiger partial charge in [0, 0.05) is 38.6 Å². The van der Waals surface area contributed by atoms with Gasteiger partial charge in [0.2, 0.25) is 11.8 Å². The first-order chi connectivity index (χ1) is 14.3. The molecule has 1 aromatic rings. The van der Waals surface area contributed by atoms with E-state index in [4.69, 9.17) is 20.3 Å². The van der Waals surface area contributed by atoms with Crippen LogP contribution in [0.4, 0.5) is 5.69 Å². The van der Waals surface area contributed by atoms with Crippen LogP contribution in [0.2, 0.25) is 0 Å². The Hall–Kier alpha value is -3.34. The van der Waals surface area contributed by atoms with E-state index in [-0.39, 0.29) is 32.4 Å². The van der Waals surface area contributed by atoms with Crippen LogP contribution in [0.15, 0.2) is 24.3 Å². The van der Waals surface area contributed by atoms with E-state index in [0.29, 0.717) is 24.5 Å². The molecular weight excluding hydrogens is 396 g/mol. The van der Waals surface area contributed by atoms with Gasteiger partial charge in [-0.25, -0.2) is 0 Å². The Balaban J connectivity index is 2.67. The lowest BCUT2D eigenvalue weighted by atomic mass is 10.2. The number of aliphatic carboxylic acids is 1. The average molecular weight is 424 g/mol. The number of carbonyl (C=O) groups is 4. The van der Waals surface area contributed by atoms with E-state index in [1.807, 2.05) is 0 Å². The summed E-state index contributed by atoms with van der Waals surface area (Å²) in [5.41, 5.74) is 5.58. The molecule has 0 aliphatic rings. The monoisotopic (exact) mass is 424 g/mol. The van der Waals surface area contributed by atoms with Gasteiger partial charge in [-0.3, -0.25) is 19.2 Å². The maximum Gasteiger partial charge on any atom is 0.303 e. The Kier molecular flexibility index (Phi) is 11.3. The molecule has 3 amide bonds. The fraction of sp³-hybridized carbons (Fsp3) is 0.474. The molecule has 0 bridgehead atoms. The van der Waals surface area contributed by atoms with Gasteiger partial charge in [0.1, 0.15) is 5.75 Å². The van der Waals surface area contributed by atoms with E-state index in [9.17, 15) is 19.2 Å². The van der Waals surface area contributed by atoms with Crippen LogP contribution in [-0.2, 0) is 23.9 Å². The van der Waals surface area contributed by atoms with Crippen LogP contribution in [0.5, 0.6) is 5.75 Å². The van der Waals surface area contributed by atoms with Crippen LogP contribution < -0.4 is 26.4 Å². The van der Waals surface area contributed by atoms with Gasteiger partial charge in [-0.1, -0.05) is 0 Å². The van der Waals surface area contributed by atoms with Crippen molar-refractivity contribution in [3.63, 3.8) is 0 Å². The minimum atomic E-state index is -1.08. The third kappa shape index (κ3) is 10.9. The highest BCUT2D eigenvalue weighted by Crippen LogP contribution is 2.16. The van der Waals surface area contributed by atoms with Crippen LogP contribution in [0.25, 0.3) is 0 Å². The summed E-state index contributed by atoms with van der Waals surface area (Å²) in [7, 11) is 1.50. The number of rotatable bonds is 15. The molecule has 1 aromatic carbocycles. The third-order valence-corrected chi connectivity index (χ3v) is 3.74. The number of ether oxygens (including phenoxy) is 2. The van der Waals surface area contributed by atoms with E-state index in [1.165, 1.54) is 7.11 Å². The summed E-state index contributed by atoms with van der Waals surface area (Å²) in [5, 5.41) is 16.7. The van der Waals surface area contributed by atoms with Gasteiger partial charge in [0.25, 0.3) is 5.91 Å². The first-order valence-electron chi connectivity index (χ1n) is 9.37. The number of methoxy groups -OCH3 is 1. The normalized spacial score (nSPS) is 11.2. The van der Waals surface area contributed by atoms with Crippen LogP contribution in [0.1, 0.15) is 25.7 Å². The molecule has 0 fully saturated rings. The maximum atomic E-state index is 12.4. The number of carboxylic acids is 1. The molecule has 11 nitrogen and oxygen atoms in total. The fourth-order valence-electron chi connectivity index (χ4n) is 2.24. The minimum Gasteiger partial charge on any atom is -0.494 e. The average Bonchev–Trinajstić information content (AvgIpc) is 2.70. The van der Waals surface area contributed by atoms with Gasteiger partial charge in [0.05, 0.1) is 13.2 Å². The lowest BCUT2D eigenvalue weighted by Gasteiger charge is -2.21. The first kappa shape index (κ1) is 24.7. The number of nitrogens with one attached hydrogen (secondary N) is 3. The van der Waals surface area contributed by atoms with Gasteiger partial charge >= 0.3 is 5.97 Å². The molecule has 166 valence electrons. The van der Waals surface area contributed by atoms with Gasteiger partial charge < -0.3 is 36.3 Å². The van der Waals surface area contributed by atoms with Crippen LogP contribution in [0.3, 0.4) is 0 Å². The molecule has 0 saturated carbocycles. The topological polar surface area (TPSA) is 169 Å². The van der Waals surface area contributed by atoms with Gasteiger partial charge in [-0.2, -0.15) is 0 Å². The second kappa shape index (κ2) is 13.8. The molecule has 11 heteroatoms. The molecule has 0 aliphatic heterocycles. The summed E-state index contributed by atoms with van der Waals surface area (Å²) in [6.07, 6.45) is -0.935. The van der Waals surface area contributed by atoms with Crippen LogP contribution in [0, 0.1) is 0 Å². The molecule has 0 heterocycles. The Morgan fingerprint density at radius 3 is 2.37 bits per heavy atom.